The maximum atomic E-state index is 13.5. The molecule has 0 saturated heterocycles. The largest absolute Gasteiger partial charge is 0.299 e. The van der Waals surface area contributed by atoms with Crippen LogP contribution in [0.1, 0.15) is 5.56 Å². The molecule has 4 aromatic carbocycles. The maximum Gasteiger partial charge on any atom is 0.244 e. The lowest BCUT2D eigenvalue weighted by Gasteiger charge is -2.18. The van der Waals surface area contributed by atoms with Crippen LogP contribution in [-0.2, 0) is 21.2 Å². The lowest BCUT2D eigenvalue weighted by atomic mass is 10.1. The van der Waals surface area contributed by atoms with Crippen molar-refractivity contribution < 1.29 is 13.2 Å². The molecule has 0 aliphatic rings. The topological polar surface area (TPSA) is 101 Å². The van der Waals surface area contributed by atoms with E-state index in [0.29, 0.717) is 15.4 Å². The van der Waals surface area contributed by atoms with E-state index in [-0.39, 0.29) is 16.4 Å². The van der Waals surface area contributed by atoms with Crippen molar-refractivity contribution in [3.8, 4) is 10.6 Å². The average Bonchev–Trinajstić information content (AvgIpc) is 3.37. The number of amides is 1. The molecule has 2 N–H and O–H groups in total. The number of anilines is 1. The Morgan fingerprint density at radius 1 is 0.892 bits per heavy atom. The summed E-state index contributed by atoms with van der Waals surface area (Å²) in [5.41, 5.74) is 1.57. The third kappa shape index (κ3) is 5.86. The van der Waals surface area contributed by atoms with Gasteiger partial charge in [-0.05, 0) is 35.6 Å². The summed E-state index contributed by atoms with van der Waals surface area (Å²) in [4.78, 5) is 13.5. The second-order valence-electron chi connectivity index (χ2n) is 8.25. The van der Waals surface area contributed by atoms with Crippen molar-refractivity contribution in [2.75, 3.05) is 5.32 Å². The van der Waals surface area contributed by atoms with Gasteiger partial charge in [0.2, 0.25) is 21.1 Å². The van der Waals surface area contributed by atoms with Crippen LogP contribution in [0.15, 0.2) is 102 Å². The van der Waals surface area contributed by atoms with Gasteiger partial charge in [-0.15, -0.1) is 10.2 Å². The summed E-state index contributed by atoms with van der Waals surface area (Å²) >= 11 is 7.25. The van der Waals surface area contributed by atoms with Gasteiger partial charge in [0.05, 0.1) is 4.90 Å². The number of nitrogens with one attached hydrogen (secondary N) is 2. The van der Waals surface area contributed by atoms with Crippen molar-refractivity contribution in [2.24, 2.45) is 0 Å². The molecule has 1 amide bonds. The van der Waals surface area contributed by atoms with E-state index in [4.69, 9.17) is 11.6 Å². The number of nitrogens with zero attached hydrogens (tertiary/aromatic N) is 2. The van der Waals surface area contributed by atoms with Crippen LogP contribution in [0.4, 0.5) is 5.13 Å². The van der Waals surface area contributed by atoms with Gasteiger partial charge in [0.15, 0.2) is 0 Å². The zero-order valence-electron chi connectivity index (χ0n) is 19.3. The maximum absolute atomic E-state index is 13.5. The van der Waals surface area contributed by atoms with Gasteiger partial charge in [-0.3, -0.25) is 10.1 Å². The molecule has 186 valence electrons. The number of carbonyl (C=O) groups excluding carboxylic acids is 1. The predicted molar refractivity (Wildman–Crippen MR) is 147 cm³/mol. The Bertz CT molecular complexity index is 1670. The van der Waals surface area contributed by atoms with Crippen molar-refractivity contribution in [3.63, 3.8) is 0 Å². The highest BCUT2D eigenvalue weighted by Crippen LogP contribution is 2.28. The van der Waals surface area contributed by atoms with Crippen molar-refractivity contribution >= 4 is 54.8 Å². The third-order valence-corrected chi connectivity index (χ3v) is 8.32. The van der Waals surface area contributed by atoms with Gasteiger partial charge in [-0.25, -0.2) is 8.42 Å². The van der Waals surface area contributed by atoms with Crippen LogP contribution in [0.5, 0.6) is 0 Å². The molecular weight excluding hydrogens is 528 g/mol. The molecule has 0 aliphatic heterocycles. The lowest BCUT2D eigenvalue weighted by molar-refractivity contribution is -0.117. The van der Waals surface area contributed by atoms with Gasteiger partial charge in [0, 0.05) is 16.0 Å². The summed E-state index contributed by atoms with van der Waals surface area (Å²) in [6.07, 6.45) is 0.149. The van der Waals surface area contributed by atoms with E-state index in [1.165, 1.54) is 17.4 Å². The quantitative estimate of drug-likeness (QED) is 0.265. The first kappa shape index (κ1) is 25.0. The first-order valence-electron chi connectivity index (χ1n) is 11.3. The second-order valence-corrected chi connectivity index (χ2v) is 11.3. The lowest BCUT2D eigenvalue weighted by Crippen LogP contribution is -2.45. The van der Waals surface area contributed by atoms with Crippen molar-refractivity contribution in [1.29, 1.82) is 0 Å². The van der Waals surface area contributed by atoms with Gasteiger partial charge >= 0.3 is 0 Å². The number of fused-ring (bicyclic) bond motifs is 1. The SMILES string of the molecule is O=C(Nc1nnc(-c2cccc(Cl)c2)s1)[C@H](Cc1ccccc1)NS(=O)(=O)c1cccc2ccccc12. The standard InChI is InChI=1S/C27H21ClN4O3S2/c28-21-13-6-12-20(17-21)26-30-31-27(36-26)29-25(33)23(16-18-8-2-1-3-9-18)32-37(34,35)24-15-7-11-19-10-4-5-14-22(19)24/h1-15,17,23,32H,16H2,(H,29,31,33)/t23-/m0/s1. The fourth-order valence-corrected chi connectivity index (χ4v) is 6.28. The molecule has 0 unspecified atom stereocenters. The Morgan fingerprint density at radius 3 is 2.43 bits per heavy atom. The Balaban J connectivity index is 1.42. The third-order valence-electron chi connectivity index (χ3n) is 5.66. The fraction of sp³-hybridized carbons (Fsp3) is 0.0741. The smallest absolute Gasteiger partial charge is 0.244 e. The molecule has 0 aliphatic carbocycles. The highest BCUT2D eigenvalue weighted by atomic mass is 35.5. The van der Waals surface area contributed by atoms with Crippen LogP contribution in [0.3, 0.4) is 0 Å². The average molecular weight is 549 g/mol. The zero-order chi connectivity index (χ0) is 25.8. The number of aromatic nitrogens is 2. The molecule has 0 saturated carbocycles. The van der Waals surface area contributed by atoms with Gasteiger partial charge in [0.25, 0.3) is 0 Å². The van der Waals surface area contributed by atoms with Gasteiger partial charge in [-0.2, -0.15) is 4.72 Å². The molecular formula is C27H21ClN4O3S2. The van der Waals surface area contributed by atoms with Crippen LogP contribution in [-0.4, -0.2) is 30.6 Å². The van der Waals surface area contributed by atoms with Crippen LogP contribution < -0.4 is 10.0 Å². The van der Waals surface area contributed by atoms with Crippen molar-refractivity contribution in [3.05, 3.63) is 108 Å². The van der Waals surface area contributed by atoms with Gasteiger partial charge in [0.1, 0.15) is 11.0 Å². The first-order chi connectivity index (χ1) is 17.9. The van der Waals surface area contributed by atoms with Crippen molar-refractivity contribution in [2.45, 2.75) is 17.4 Å². The minimum absolute atomic E-state index is 0.107. The van der Waals surface area contributed by atoms with Crippen LogP contribution >= 0.6 is 22.9 Å². The highest BCUT2D eigenvalue weighted by molar-refractivity contribution is 7.89. The van der Waals surface area contributed by atoms with Gasteiger partial charge < -0.3 is 0 Å². The molecule has 37 heavy (non-hydrogen) atoms. The number of hydrogen-bond acceptors (Lipinski definition) is 6. The second kappa shape index (κ2) is 10.8. The van der Waals surface area contributed by atoms with E-state index in [1.807, 2.05) is 54.6 Å². The van der Waals surface area contributed by atoms with Crippen LogP contribution in [0, 0.1) is 0 Å². The molecule has 5 rings (SSSR count). The molecule has 10 heteroatoms. The minimum Gasteiger partial charge on any atom is -0.299 e. The molecule has 0 spiro atoms. The van der Waals surface area contributed by atoms with E-state index < -0.39 is 22.0 Å². The Labute approximate surface area is 223 Å². The number of rotatable bonds is 8. The fourth-order valence-electron chi connectivity index (χ4n) is 3.92. The van der Waals surface area contributed by atoms with Gasteiger partial charge in [-0.1, -0.05) is 102 Å². The van der Waals surface area contributed by atoms with E-state index in [2.05, 4.69) is 20.2 Å². The van der Waals surface area contributed by atoms with Crippen LogP contribution in [0.2, 0.25) is 5.02 Å². The summed E-state index contributed by atoms with van der Waals surface area (Å²) in [6, 6.07) is 27.5. The summed E-state index contributed by atoms with van der Waals surface area (Å²) in [5.74, 6) is -0.540. The summed E-state index contributed by atoms with van der Waals surface area (Å²) in [7, 11) is -4.04. The summed E-state index contributed by atoms with van der Waals surface area (Å²) in [5, 5.41) is 13.7. The Morgan fingerprint density at radius 2 is 1.62 bits per heavy atom. The van der Waals surface area contributed by atoms with E-state index >= 15 is 0 Å². The zero-order valence-corrected chi connectivity index (χ0v) is 21.7. The molecule has 0 bridgehead atoms. The number of benzene rings is 4. The first-order valence-corrected chi connectivity index (χ1v) is 14.0. The summed E-state index contributed by atoms with van der Waals surface area (Å²) in [6.45, 7) is 0. The normalized spacial score (nSPS) is 12.4. The monoisotopic (exact) mass is 548 g/mol. The molecule has 1 heterocycles. The molecule has 5 aromatic rings. The summed E-state index contributed by atoms with van der Waals surface area (Å²) < 4.78 is 29.6. The number of carbonyl (C=O) groups is 1. The number of sulfonamides is 1. The molecule has 1 atom stereocenters. The number of halogens is 1. The molecule has 0 radical (unpaired) electrons. The van der Waals surface area contributed by atoms with E-state index in [0.717, 1.165) is 16.5 Å². The van der Waals surface area contributed by atoms with Crippen molar-refractivity contribution in [1.82, 2.24) is 14.9 Å². The molecule has 1 aromatic heterocycles. The van der Waals surface area contributed by atoms with E-state index in [1.54, 1.807) is 36.4 Å². The number of hydrogen-bond donors (Lipinski definition) is 2. The Kier molecular flexibility index (Phi) is 7.29. The minimum atomic E-state index is -4.04. The van der Waals surface area contributed by atoms with Crippen LogP contribution in [0.25, 0.3) is 21.3 Å². The molecule has 0 fully saturated rings. The Hall–Kier alpha value is -3.63. The molecule has 7 nitrogen and oxygen atoms in total. The van der Waals surface area contributed by atoms with E-state index in [9.17, 15) is 13.2 Å². The highest BCUT2D eigenvalue weighted by Gasteiger charge is 2.28. The predicted octanol–water partition coefficient (Wildman–Crippen LogP) is 5.54.